The van der Waals surface area contributed by atoms with Gasteiger partial charge in [0.25, 0.3) is 0 Å². The first kappa shape index (κ1) is 17.9. The number of fused-ring (bicyclic) bond motifs is 1. The fourth-order valence-corrected chi connectivity index (χ4v) is 3.61. The van der Waals surface area contributed by atoms with Crippen molar-refractivity contribution in [3.8, 4) is 0 Å². The van der Waals surface area contributed by atoms with Crippen LogP contribution in [0.4, 0.5) is 0 Å². The maximum Gasteiger partial charge on any atom is 0.239 e. The highest BCUT2D eigenvalue weighted by atomic mass is 35.5. The van der Waals surface area contributed by atoms with Gasteiger partial charge in [0.2, 0.25) is 5.91 Å². The van der Waals surface area contributed by atoms with Crippen molar-refractivity contribution in [2.24, 2.45) is 0 Å². The molecule has 0 fully saturated rings. The molecule has 0 aliphatic carbocycles. The van der Waals surface area contributed by atoms with Crippen molar-refractivity contribution < 1.29 is 4.79 Å². The van der Waals surface area contributed by atoms with Gasteiger partial charge >= 0.3 is 0 Å². The van der Waals surface area contributed by atoms with Crippen molar-refractivity contribution in [3.63, 3.8) is 0 Å². The van der Waals surface area contributed by atoms with Crippen molar-refractivity contribution in [1.82, 2.24) is 15.2 Å². The molecule has 1 N–H and O–H groups in total. The standard InChI is InChI=1S/C17H21N3OS.ClH/c1-12-16(22-11-19-12)7-8-20(2)17(21)15-9-13-5-3-4-6-14(13)10-18-15;/h3-6,11,15,18H,7-10H2,1-2H3;1H/t15-;/m1./s1. The van der Waals surface area contributed by atoms with E-state index < -0.39 is 0 Å². The summed E-state index contributed by atoms with van der Waals surface area (Å²) in [6.07, 6.45) is 1.65. The molecule has 6 heteroatoms. The van der Waals surface area contributed by atoms with Crippen molar-refractivity contribution in [2.75, 3.05) is 13.6 Å². The number of aromatic nitrogens is 1. The van der Waals surface area contributed by atoms with Crippen molar-refractivity contribution in [2.45, 2.75) is 32.4 Å². The molecule has 2 aromatic rings. The molecule has 4 nitrogen and oxygen atoms in total. The normalized spacial score (nSPS) is 16.3. The van der Waals surface area contributed by atoms with Gasteiger partial charge in [-0.3, -0.25) is 4.79 Å². The summed E-state index contributed by atoms with van der Waals surface area (Å²) < 4.78 is 0. The van der Waals surface area contributed by atoms with Gasteiger partial charge < -0.3 is 10.2 Å². The molecule has 1 aliphatic heterocycles. The minimum Gasteiger partial charge on any atom is -0.344 e. The second kappa shape index (κ2) is 7.90. The van der Waals surface area contributed by atoms with Gasteiger partial charge in [-0.05, 0) is 24.5 Å². The van der Waals surface area contributed by atoms with E-state index in [9.17, 15) is 4.79 Å². The average molecular weight is 352 g/mol. The fourth-order valence-electron chi connectivity index (χ4n) is 2.84. The Morgan fingerprint density at radius 3 is 2.83 bits per heavy atom. The van der Waals surface area contributed by atoms with E-state index in [-0.39, 0.29) is 24.4 Å². The van der Waals surface area contributed by atoms with Gasteiger partial charge in [0.05, 0.1) is 17.2 Å². The summed E-state index contributed by atoms with van der Waals surface area (Å²) in [6, 6.07) is 8.23. The van der Waals surface area contributed by atoms with E-state index >= 15 is 0 Å². The number of carbonyl (C=O) groups excluding carboxylic acids is 1. The first-order valence-corrected chi connectivity index (χ1v) is 8.47. The van der Waals surface area contributed by atoms with E-state index in [1.54, 1.807) is 11.3 Å². The zero-order chi connectivity index (χ0) is 15.5. The van der Waals surface area contributed by atoms with E-state index in [1.165, 1.54) is 16.0 Å². The number of amides is 1. The maximum atomic E-state index is 12.6. The summed E-state index contributed by atoms with van der Waals surface area (Å²) >= 11 is 1.66. The van der Waals surface area contributed by atoms with Gasteiger partial charge in [0, 0.05) is 31.4 Å². The predicted octanol–water partition coefficient (Wildman–Crippen LogP) is 2.59. The third-order valence-electron chi connectivity index (χ3n) is 4.27. The maximum absolute atomic E-state index is 12.6. The van der Waals surface area contributed by atoms with Gasteiger partial charge in [-0.15, -0.1) is 23.7 Å². The van der Waals surface area contributed by atoms with Gasteiger partial charge in [0.15, 0.2) is 0 Å². The van der Waals surface area contributed by atoms with Crippen molar-refractivity contribution in [3.05, 3.63) is 51.5 Å². The molecule has 0 saturated carbocycles. The lowest BCUT2D eigenvalue weighted by molar-refractivity contribution is -0.132. The summed E-state index contributed by atoms with van der Waals surface area (Å²) in [5, 5.41) is 3.36. The SMILES string of the molecule is Cc1ncsc1CCN(C)C(=O)[C@H]1Cc2ccccc2CN1.Cl. The summed E-state index contributed by atoms with van der Waals surface area (Å²) in [5.74, 6) is 0.177. The number of benzene rings is 1. The molecule has 1 aromatic heterocycles. The third-order valence-corrected chi connectivity index (χ3v) is 5.27. The van der Waals surface area contributed by atoms with Crippen LogP contribution in [0, 0.1) is 6.92 Å². The number of likely N-dealkylation sites (N-methyl/N-ethyl adjacent to an activating group) is 1. The second-order valence-electron chi connectivity index (χ2n) is 5.78. The molecule has 1 aromatic carbocycles. The molecular weight excluding hydrogens is 330 g/mol. The Labute approximate surface area is 147 Å². The average Bonchev–Trinajstić information content (AvgIpc) is 2.96. The van der Waals surface area contributed by atoms with Crippen LogP contribution in [-0.2, 0) is 24.2 Å². The Hall–Kier alpha value is -1.43. The number of hydrogen-bond donors (Lipinski definition) is 1. The van der Waals surface area contributed by atoms with Crippen molar-refractivity contribution in [1.29, 1.82) is 0 Å². The minimum absolute atomic E-state index is 0. The number of nitrogens with one attached hydrogen (secondary N) is 1. The third kappa shape index (κ3) is 4.10. The van der Waals surface area contributed by atoms with Crippen LogP contribution in [0.3, 0.4) is 0 Å². The molecule has 1 atom stereocenters. The second-order valence-corrected chi connectivity index (χ2v) is 6.72. The molecular formula is C17H22ClN3OS. The first-order valence-electron chi connectivity index (χ1n) is 7.59. The Bertz CT molecular complexity index is 673. The highest BCUT2D eigenvalue weighted by Gasteiger charge is 2.26. The molecule has 2 heterocycles. The number of carbonyl (C=O) groups is 1. The summed E-state index contributed by atoms with van der Waals surface area (Å²) in [5.41, 5.74) is 5.53. The number of hydrogen-bond acceptors (Lipinski definition) is 4. The number of thiazole rings is 1. The molecule has 3 rings (SSSR count). The summed E-state index contributed by atoms with van der Waals surface area (Å²) in [4.78, 5) is 20.0. The van der Waals surface area contributed by atoms with E-state index in [2.05, 4.69) is 22.4 Å². The van der Waals surface area contributed by atoms with E-state index in [1.807, 2.05) is 36.5 Å². The first-order chi connectivity index (χ1) is 10.6. The van der Waals surface area contributed by atoms with E-state index in [0.717, 1.165) is 31.6 Å². The quantitative estimate of drug-likeness (QED) is 0.920. The molecule has 124 valence electrons. The minimum atomic E-state index is -0.109. The summed E-state index contributed by atoms with van der Waals surface area (Å²) in [7, 11) is 1.89. The Morgan fingerprint density at radius 2 is 2.13 bits per heavy atom. The molecule has 1 amide bonds. The van der Waals surface area contributed by atoms with Gasteiger partial charge in [-0.1, -0.05) is 24.3 Å². The zero-order valence-electron chi connectivity index (χ0n) is 13.4. The lowest BCUT2D eigenvalue weighted by Gasteiger charge is -2.29. The van der Waals surface area contributed by atoms with Crippen LogP contribution in [0.5, 0.6) is 0 Å². The fraction of sp³-hybridized carbons (Fsp3) is 0.412. The molecule has 0 radical (unpaired) electrons. The number of aryl methyl sites for hydroxylation is 1. The molecule has 1 aliphatic rings. The largest absolute Gasteiger partial charge is 0.344 e. The van der Waals surface area contributed by atoms with Gasteiger partial charge in [0.1, 0.15) is 0 Å². The highest BCUT2D eigenvalue weighted by molar-refractivity contribution is 7.09. The Kier molecular flexibility index (Phi) is 6.16. The van der Waals surface area contributed by atoms with Crippen LogP contribution >= 0.6 is 23.7 Å². The highest BCUT2D eigenvalue weighted by Crippen LogP contribution is 2.18. The summed E-state index contributed by atoms with van der Waals surface area (Å²) in [6.45, 7) is 3.53. The van der Waals surface area contributed by atoms with Gasteiger partial charge in [-0.25, -0.2) is 4.98 Å². The smallest absolute Gasteiger partial charge is 0.239 e. The molecule has 0 spiro atoms. The number of nitrogens with zero attached hydrogens (tertiary/aromatic N) is 2. The molecule has 0 saturated heterocycles. The predicted molar refractivity (Wildman–Crippen MR) is 96.2 cm³/mol. The van der Waals surface area contributed by atoms with Crippen LogP contribution in [0.15, 0.2) is 29.8 Å². The molecule has 0 unspecified atom stereocenters. The van der Waals surface area contributed by atoms with Crippen molar-refractivity contribution >= 4 is 29.7 Å². The number of halogens is 1. The monoisotopic (exact) mass is 351 g/mol. The topological polar surface area (TPSA) is 45.2 Å². The molecule has 0 bridgehead atoms. The van der Waals surface area contributed by atoms with E-state index in [0.29, 0.717) is 0 Å². The van der Waals surface area contributed by atoms with Crippen LogP contribution < -0.4 is 5.32 Å². The van der Waals surface area contributed by atoms with E-state index in [4.69, 9.17) is 0 Å². The Morgan fingerprint density at radius 1 is 1.39 bits per heavy atom. The lowest BCUT2D eigenvalue weighted by atomic mass is 9.95. The number of rotatable bonds is 4. The zero-order valence-corrected chi connectivity index (χ0v) is 15.0. The lowest BCUT2D eigenvalue weighted by Crippen LogP contribution is -2.48. The van der Waals surface area contributed by atoms with Crippen LogP contribution in [0.1, 0.15) is 21.7 Å². The van der Waals surface area contributed by atoms with Gasteiger partial charge in [-0.2, -0.15) is 0 Å². The van der Waals surface area contributed by atoms with Crippen LogP contribution in [0.2, 0.25) is 0 Å². The Balaban J connectivity index is 0.00000192. The van der Waals surface area contributed by atoms with Crippen LogP contribution in [0.25, 0.3) is 0 Å². The molecule has 23 heavy (non-hydrogen) atoms. The van der Waals surface area contributed by atoms with Crippen LogP contribution in [-0.4, -0.2) is 35.4 Å².